The van der Waals surface area contributed by atoms with Crippen molar-refractivity contribution < 1.29 is 0 Å². The smallest absolute Gasteiger partial charge is 0.275 e. The monoisotopic (exact) mass is 416 g/mol. The zero-order chi connectivity index (χ0) is 18.8. The zero-order valence-corrected chi connectivity index (χ0v) is 17.1. The first-order chi connectivity index (χ1) is 13.1. The Hall–Kier alpha value is -2.30. The van der Waals surface area contributed by atoms with E-state index in [9.17, 15) is 4.79 Å². The van der Waals surface area contributed by atoms with Gasteiger partial charge in [-0.05, 0) is 25.5 Å². The largest absolute Gasteiger partial charge is 0.330 e. The maximum Gasteiger partial charge on any atom is 0.275 e. The van der Waals surface area contributed by atoms with Crippen LogP contribution < -0.4 is 10.9 Å². The van der Waals surface area contributed by atoms with Crippen LogP contribution in [0.25, 0.3) is 4.96 Å². The lowest BCUT2D eigenvalue weighted by atomic mass is 10.2. The van der Waals surface area contributed by atoms with Crippen molar-refractivity contribution in [2.24, 2.45) is 0 Å². The fourth-order valence-electron chi connectivity index (χ4n) is 2.33. The summed E-state index contributed by atoms with van der Waals surface area (Å²) in [5.74, 6) is 0.560. The van der Waals surface area contributed by atoms with Crippen LogP contribution in [0.4, 0.5) is 10.8 Å². The van der Waals surface area contributed by atoms with E-state index in [-0.39, 0.29) is 5.56 Å². The molecular formula is C17H16N6OS3. The van der Waals surface area contributed by atoms with Gasteiger partial charge in [-0.15, -0.1) is 10.2 Å². The van der Waals surface area contributed by atoms with E-state index in [0.717, 1.165) is 32.3 Å². The number of nitrogens with zero attached hydrogens (tertiary/aromatic N) is 5. The highest BCUT2D eigenvalue weighted by Gasteiger charge is 2.10. The molecule has 1 aromatic carbocycles. The Morgan fingerprint density at radius 3 is 2.78 bits per heavy atom. The molecule has 138 valence electrons. The third-order valence-electron chi connectivity index (χ3n) is 3.70. The fourth-order valence-corrected chi connectivity index (χ4v) is 4.85. The number of hydrogen-bond donors (Lipinski definition) is 1. The molecule has 0 radical (unpaired) electrons. The summed E-state index contributed by atoms with van der Waals surface area (Å²) in [6, 6.07) is 9.64. The minimum atomic E-state index is -0.148. The van der Waals surface area contributed by atoms with Crippen molar-refractivity contribution in [3.05, 3.63) is 57.0 Å². The molecule has 0 aliphatic rings. The molecule has 0 spiro atoms. The van der Waals surface area contributed by atoms with Gasteiger partial charge in [0.25, 0.3) is 5.56 Å². The zero-order valence-electron chi connectivity index (χ0n) is 14.7. The van der Waals surface area contributed by atoms with Gasteiger partial charge in [-0.1, -0.05) is 59.1 Å². The summed E-state index contributed by atoms with van der Waals surface area (Å²) in [5, 5.41) is 17.5. The molecule has 0 amide bonds. The topological polar surface area (TPSA) is 85.1 Å². The van der Waals surface area contributed by atoms with Gasteiger partial charge in [-0.25, -0.2) is 4.98 Å². The van der Waals surface area contributed by atoms with Crippen LogP contribution in [0.1, 0.15) is 23.2 Å². The van der Waals surface area contributed by atoms with E-state index in [1.807, 2.05) is 31.2 Å². The van der Waals surface area contributed by atoms with Crippen LogP contribution in [0.5, 0.6) is 0 Å². The summed E-state index contributed by atoms with van der Waals surface area (Å²) in [6.07, 6.45) is 0.791. The van der Waals surface area contributed by atoms with Crippen LogP contribution in [0.3, 0.4) is 0 Å². The second kappa shape index (κ2) is 7.75. The molecule has 0 unspecified atom stereocenters. The second-order valence-corrected chi connectivity index (χ2v) is 9.02. The molecule has 3 heterocycles. The molecule has 0 saturated heterocycles. The first-order valence-corrected chi connectivity index (χ1v) is 10.9. The van der Waals surface area contributed by atoms with E-state index < -0.39 is 0 Å². The van der Waals surface area contributed by atoms with E-state index in [0.29, 0.717) is 10.7 Å². The van der Waals surface area contributed by atoms with Gasteiger partial charge in [0.2, 0.25) is 10.1 Å². The van der Waals surface area contributed by atoms with Crippen molar-refractivity contribution in [1.82, 2.24) is 24.8 Å². The van der Waals surface area contributed by atoms with Crippen molar-refractivity contribution in [2.45, 2.75) is 30.4 Å². The van der Waals surface area contributed by atoms with Crippen LogP contribution in [-0.4, -0.2) is 24.8 Å². The minimum Gasteiger partial charge on any atom is -0.330 e. The number of thioether (sulfide) groups is 1. The Balaban J connectivity index is 1.44. The predicted octanol–water partition coefficient (Wildman–Crippen LogP) is 3.91. The Morgan fingerprint density at radius 2 is 2.00 bits per heavy atom. The average Bonchev–Trinajstić information content (AvgIpc) is 3.28. The van der Waals surface area contributed by atoms with Crippen LogP contribution in [0.15, 0.2) is 39.5 Å². The molecule has 7 nitrogen and oxygen atoms in total. The Morgan fingerprint density at radius 1 is 1.19 bits per heavy atom. The Labute approximate surface area is 167 Å². The number of nitrogens with one attached hydrogen (secondary N) is 1. The van der Waals surface area contributed by atoms with Crippen molar-refractivity contribution >= 4 is 50.2 Å². The summed E-state index contributed by atoms with van der Waals surface area (Å²) in [5.41, 5.74) is 2.76. The molecular weight excluding hydrogens is 400 g/mol. The summed E-state index contributed by atoms with van der Waals surface area (Å²) in [7, 11) is 0. The van der Waals surface area contributed by atoms with Gasteiger partial charge in [0.15, 0.2) is 4.34 Å². The Bertz CT molecular complexity index is 1130. The molecule has 10 heteroatoms. The van der Waals surface area contributed by atoms with E-state index in [1.165, 1.54) is 50.6 Å². The van der Waals surface area contributed by atoms with Crippen LogP contribution in [0.2, 0.25) is 0 Å². The van der Waals surface area contributed by atoms with Crippen molar-refractivity contribution in [1.29, 1.82) is 0 Å². The summed E-state index contributed by atoms with van der Waals surface area (Å²) < 4.78 is 2.19. The van der Waals surface area contributed by atoms with Crippen LogP contribution in [-0.2, 0) is 12.2 Å². The molecule has 0 fully saturated rings. The maximum absolute atomic E-state index is 12.2. The van der Waals surface area contributed by atoms with Crippen molar-refractivity contribution in [3.8, 4) is 0 Å². The normalized spacial score (nSPS) is 11.2. The summed E-state index contributed by atoms with van der Waals surface area (Å²) >= 11 is 4.44. The molecule has 0 bridgehead atoms. The first kappa shape index (κ1) is 18.1. The summed E-state index contributed by atoms with van der Waals surface area (Å²) in [4.78, 5) is 17.4. The van der Waals surface area contributed by atoms with Crippen LogP contribution in [0, 0.1) is 6.92 Å². The van der Waals surface area contributed by atoms with Crippen molar-refractivity contribution in [2.75, 3.05) is 5.32 Å². The lowest BCUT2D eigenvalue weighted by Crippen LogP contribution is -2.15. The number of anilines is 2. The van der Waals surface area contributed by atoms with E-state index in [2.05, 4.69) is 32.5 Å². The summed E-state index contributed by atoms with van der Waals surface area (Å²) in [6.45, 7) is 4.06. The fraction of sp³-hybridized carbons (Fsp3) is 0.235. The van der Waals surface area contributed by atoms with Gasteiger partial charge in [0.05, 0.1) is 5.69 Å². The van der Waals surface area contributed by atoms with Gasteiger partial charge in [0, 0.05) is 17.5 Å². The van der Waals surface area contributed by atoms with Gasteiger partial charge in [-0.2, -0.15) is 9.61 Å². The number of fused-ring (bicyclic) bond motifs is 1. The predicted molar refractivity (Wildman–Crippen MR) is 110 cm³/mol. The number of benzene rings is 1. The van der Waals surface area contributed by atoms with Crippen LogP contribution >= 0.6 is 34.4 Å². The standard InChI is InChI=1S/C17H16N6OS3/c1-3-13-22-23-14(24)8-12(19-16(23)26-13)9-25-17-21-20-15(27-17)18-11-6-4-10(2)5-7-11/h4-8H,3,9H2,1-2H3,(H,18,20). The quantitative estimate of drug-likeness (QED) is 0.477. The second-order valence-electron chi connectivity index (χ2n) is 5.78. The molecule has 0 saturated carbocycles. The molecule has 0 atom stereocenters. The SMILES string of the molecule is CCc1nn2c(=O)cc(CSc3nnc(Nc4ccc(C)cc4)s3)nc2s1. The number of rotatable bonds is 6. The molecule has 4 aromatic rings. The van der Waals surface area contributed by atoms with E-state index in [1.54, 1.807) is 0 Å². The van der Waals surface area contributed by atoms with Crippen molar-refractivity contribution in [3.63, 3.8) is 0 Å². The molecule has 4 rings (SSSR count). The number of aromatic nitrogens is 5. The Kier molecular flexibility index (Phi) is 5.19. The van der Waals surface area contributed by atoms with E-state index in [4.69, 9.17) is 0 Å². The lowest BCUT2D eigenvalue weighted by Gasteiger charge is -2.01. The lowest BCUT2D eigenvalue weighted by molar-refractivity contribution is 0.852. The third-order valence-corrected chi connectivity index (χ3v) is 6.75. The number of aryl methyl sites for hydroxylation is 2. The van der Waals surface area contributed by atoms with E-state index >= 15 is 0 Å². The highest BCUT2D eigenvalue weighted by molar-refractivity contribution is 8.00. The minimum absolute atomic E-state index is 0.148. The molecule has 0 aliphatic carbocycles. The maximum atomic E-state index is 12.2. The molecule has 0 aliphatic heterocycles. The highest BCUT2D eigenvalue weighted by Crippen LogP contribution is 2.29. The van der Waals surface area contributed by atoms with Gasteiger partial charge in [0.1, 0.15) is 5.01 Å². The van der Waals surface area contributed by atoms with Gasteiger partial charge < -0.3 is 5.32 Å². The average molecular weight is 417 g/mol. The number of hydrogen-bond acceptors (Lipinski definition) is 9. The molecule has 1 N–H and O–H groups in total. The third kappa shape index (κ3) is 4.18. The van der Waals surface area contributed by atoms with Gasteiger partial charge in [-0.3, -0.25) is 4.79 Å². The first-order valence-electron chi connectivity index (χ1n) is 8.29. The highest BCUT2D eigenvalue weighted by atomic mass is 32.2. The molecule has 27 heavy (non-hydrogen) atoms. The molecule has 3 aromatic heterocycles. The van der Waals surface area contributed by atoms with Gasteiger partial charge >= 0.3 is 0 Å².